The summed E-state index contributed by atoms with van der Waals surface area (Å²) >= 11 is 0. The lowest BCUT2D eigenvalue weighted by atomic mass is 9.55. The van der Waals surface area contributed by atoms with Gasteiger partial charge in [0.25, 0.3) is 0 Å². The van der Waals surface area contributed by atoms with E-state index in [0.29, 0.717) is 23.2 Å². The Morgan fingerprint density at radius 1 is 0.947 bits per heavy atom. The van der Waals surface area contributed by atoms with Crippen LogP contribution in [0.4, 0.5) is 0 Å². The molecular weight excluding hydrogens is 240 g/mol. The summed E-state index contributed by atoms with van der Waals surface area (Å²) < 4.78 is 11.0. The molecule has 0 saturated heterocycles. The average Bonchev–Trinajstić information content (AvgIpc) is 2.40. The van der Waals surface area contributed by atoms with Gasteiger partial charge in [0.05, 0.1) is 12.7 Å². The molecule has 0 aromatic carbocycles. The molecule has 0 atom stereocenters. The highest BCUT2D eigenvalue weighted by Gasteiger charge is 2.49. The van der Waals surface area contributed by atoms with Crippen molar-refractivity contribution in [3.63, 3.8) is 0 Å². The lowest BCUT2D eigenvalue weighted by Gasteiger charge is -2.53. The minimum absolute atomic E-state index is 0.167. The third-order valence-electron chi connectivity index (χ3n) is 5.52. The summed E-state index contributed by atoms with van der Waals surface area (Å²) in [6.07, 6.45) is 6.69. The number of allylic oxidation sites excluding steroid dienone is 1. The van der Waals surface area contributed by atoms with Crippen LogP contribution in [0.3, 0.4) is 0 Å². The molecule has 0 aromatic heterocycles. The molecule has 3 nitrogen and oxygen atoms in total. The number of hydrogen-bond donors (Lipinski definition) is 0. The maximum atomic E-state index is 12.2. The Morgan fingerprint density at radius 2 is 1.47 bits per heavy atom. The van der Waals surface area contributed by atoms with Crippen LogP contribution in [0.1, 0.15) is 46.0 Å². The zero-order valence-corrected chi connectivity index (χ0v) is 12.1. The first kappa shape index (κ1) is 13.0. The van der Waals surface area contributed by atoms with Gasteiger partial charge in [-0.05, 0) is 69.6 Å². The van der Waals surface area contributed by atoms with Gasteiger partial charge in [-0.1, -0.05) is 0 Å². The van der Waals surface area contributed by atoms with Crippen LogP contribution in [0.25, 0.3) is 0 Å². The zero-order chi connectivity index (χ0) is 13.6. The van der Waals surface area contributed by atoms with Crippen LogP contribution < -0.4 is 0 Å². The summed E-state index contributed by atoms with van der Waals surface area (Å²) in [7, 11) is 1.59. The molecule has 19 heavy (non-hydrogen) atoms. The number of hydrogen-bond acceptors (Lipinski definition) is 3. The second-order valence-electron chi connectivity index (χ2n) is 6.69. The van der Waals surface area contributed by atoms with Crippen molar-refractivity contribution in [2.75, 3.05) is 7.11 Å². The molecule has 0 heterocycles. The van der Waals surface area contributed by atoms with E-state index in [2.05, 4.69) is 0 Å². The number of esters is 1. The summed E-state index contributed by atoms with van der Waals surface area (Å²) in [5.41, 5.74) is 0.608. The SMILES string of the molecule is COC(C)=C(C)C(=O)OC1C2CC3CC(C2)CC1C3. The van der Waals surface area contributed by atoms with Gasteiger partial charge in [0, 0.05) is 0 Å². The number of rotatable bonds is 3. The van der Waals surface area contributed by atoms with Gasteiger partial charge in [0.2, 0.25) is 0 Å². The van der Waals surface area contributed by atoms with Crippen molar-refractivity contribution in [3.05, 3.63) is 11.3 Å². The third kappa shape index (κ3) is 2.28. The van der Waals surface area contributed by atoms with Gasteiger partial charge >= 0.3 is 5.97 Å². The minimum Gasteiger partial charge on any atom is -0.501 e. The van der Waals surface area contributed by atoms with Crippen LogP contribution in [0.15, 0.2) is 11.3 Å². The normalized spacial score (nSPS) is 40.9. The highest BCUT2D eigenvalue weighted by Crippen LogP contribution is 2.54. The van der Waals surface area contributed by atoms with Crippen molar-refractivity contribution < 1.29 is 14.3 Å². The molecule has 106 valence electrons. The maximum absolute atomic E-state index is 12.2. The van der Waals surface area contributed by atoms with Gasteiger partial charge in [-0.3, -0.25) is 0 Å². The van der Waals surface area contributed by atoms with E-state index in [4.69, 9.17) is 9.47 Å². The number of carbonyl (C=O) groups excluding carboxylic acids is 1. The molecule has 0 aromatic rings. The number of carbonyl (C=O) groups is 1. The molecule has 4 fully saturated rings. The van der Waals surface area contributed by atoms with Crippen molar-refractivity contribution in [2.24, 2.45) is 23.7 Å². The molecule has 0 radical (unpaired) electrons. The quantitative estimate of drug-likeness (QED) is 0.446. The van der Waals surface area contributed by atoms with E-state index in [1.54, 1.807) is 14.0 Å². The second kappa shape index (κ2) is 4.84. The van der Waals surface area contributed by atoms with Crippen LogP contribution in [0.5, 0.6) is 0 Å². The molecule has 3 heteroatoms. The topological polar surface area (TPSA) is 35.5 Å². The van der Waals surface area contributed by atoms with Gasteiger partial charge in [0.1, 0.15) is 11.9 Å². The molecule has 4 saturated carbocycles. The highest BCUT2D eigenvalue weighted by molar-refractivity contribution is 5.88. The van der Waals surface area contributed by atoms with E-state index in [0.717, 1.165) is 11.8 Å². The molecule has 0 aliphatic heterocycles. The van der Waals surface area contributed by atoms with E-state index in [9.17, 15) is 4.79 Å². The van der Waals surface area contributed by atoms with Gasteiger partial charge in [-0.2, -0.15) is 0 Å². The molecule has 0 spiro atoms. The van der Waals surface area contributed by atoms with Crippen LogP contribution in [0.2, 0.25) is 0 Å². The number of methoxy groups -OCH3 is 1. The fourth-order valence-corrected chi connectivity index (χ4v) is 4.58. The van der Waals surface area contributed by atoms with Crippen LogP contribution in [-0.2, 0) is 14.3 Å². The Bertz CT molecular complexity index is 382. The van der Waals surface area contributed by atoms with E-state index in [1.807, 2.05) is 6.92 Å². The smallest absolute Gasteiger partial charge is 0.337 e. The van der Waals surface area contributed by atoms with Crippen LogP contribution in [0, 0.1) is 23.7 Å². The first-order valence-electron chi connectivity index (χ1n) is 7.51. The summed E-state index contributed by atoms with van der Waals surface area (Å²) in [6, 6.07) is 0. The van der Waals surface area contributed by atoms with Gasteiger partial charge in [0.15, 0.2) is 0 Å². The van der Waals surface area contributed by atoms with Gasteiger partial charge < -0.3 is 9.47 Å². The Hall–Kier alpha value is -0.990. The van der Waals surface area contributed by atoms with E-state index in [1.165, 1.54) is 32.1 Å². The van der Waals surface area contributed by atoms with E-state index < -0.39 is 0 Å². The van der Waals surface area contributed by atoms with E-state index >= 15 is 0 Å². The highest BCUT2D eigenvalue weighted by atomic mass is 16.5. The summed E-state index contributed by atoms with van der Waals surface area (Å²) in [4.78, 5) is 12.2. The standard InChI is InChI=1S/C16H24O3/c1-9(10(2)18-3)16(17)19-15-13-5-11-4-12(7-13)8-14(15)6-11/h11-15H,4-8H2,1-3H3. The summed E-state index contributed by atoms with van der Waals surface area (Å²) in [6.45, 7) is 3.60. The van der Waals surface area contributed by atoms with Crippen LogP contribution >= 0.6 is 0 Å². The third-order valence-corrected chi connectivity index (χ3v) is 5.52. The summed E-state index contributed by atoms with van der Waals surface area (Å²) in [5, 5.41) is 0. The molecule has 4 aliphatic carbocycles. The maximum Gasteiger partial charge on any atom is 0.337 e. The Kier molecular flexibility index (Phi) is 3.32. The lowest BCUT2D eigenvalue weighted by molar-refractivity contribution is -0.166. The zero-order valence-electron chi connectivity index (χ0n) is 12.1. The van der Waals surface area contributed by atoms with Gasteiger partial charge in [-0.25, -0.2) is 4.79 Å². The Balaban J connectivity index is 1.69. The van der Waals surface area contributed by atoms with Crippen molar-refractivity contribution >= 4 is 5.97 Å². The molecular formula is C16H24O3. The van der Waals surface area contributed by atoms with Crippen molar-refractivity contribution in [3.8, 4) is 0 Å². The Labute approximate surface area is 115 Å². The van der Waals surface area contributed by atoms with Crippen molar-refractivity contribution in [1.29, 1.82) is 0 Å². The second-order valence-corrected chi connectivity index (χ2v) is 6.69. The monoisotopic (exact) mass is 264 g/mol. The minimum atomic E-state index is -0.183. The molecule has 4 aliphatic rings. The Morgan fingerprint density at radius 3 is 1.95 bits per heavy atom. The van der Waals surface area contributed by atoms with Gasteiger partial charge in [-0.15, -0.1) is 0 Å². The molecule has 4 rings (SSSR count). The van der Waals surface area contributed by atoms with Crippen molar-refractivity contribution in [2.45, 2.75) is 52.1 Å². The predicted octanol–water partition coefficient (Wildman–Crippen LogP) is 3.29. The predicted molar refractivity (Wildman–Crippen MR) is 72.3 cm³/mol. The largest absolute Gasteiger partial charge is 0.501 e. The first-order valence-corrected chi connectivity index (χ1v) is 7.51. The molecule has 0 amide bonds. The fraction of sp³-hybridized carbons (Fsp3) is 0.812. The molecule has 0 unspecified atom stereocenters. The fourth-order valence-electron chi connectivity index (χ4n) is 4.58. The average molecular weight is 264 g/mol. The van der Waals surface area contributed by atoms with Crippen LogP contribution in [-0.4, -0.2) is 19.2 Å². The number of ether oxygens (including phenoxy) is 2. The summed E-state index contributed by atoms with van der Waals surface area (Å²) in [5.74, 6) is 3.54. The molecule has 0 N–H and O–H groups in total. The molecule has 4 bridgehead atoms. The lowest BCUT2D eigenvalue weighted by Crippen LogP contribution is -2.50. The van der Waals surface area contributed by atoms with Crippen molar-refractivity contribution in [1.82, 2.24) is 0 Å². The first-order chi connectivity index (χ1) is 9.08. The van der Waals surface area contributed by atoms with E-state index in [-0.39, 0.29) is 12.1 Å².